The van der Waals surface area contributed by atoms with E-state index in [0.29, 0.717) is 0 Å². The molecule has 0 saturated heterocycles. The van der Waals surface area contributed by atoms with Crippen LogP contribution in [0.1, 0.15) is 0 Å². The number of hydrogen-bond acceptors (Lipinski definition) is 2. The normalized spacial score (nSPS) is 7.71. The lowest BCUT2D eigenvalue weighted by molar-refractivity contribution is 0.255. The van der Waals surface area contributed by atoms with E-state index in [9.17, 15) is 4.79 Å². The highest BCUT2D eigenvalue weighted by Gasteiger charge is 1.94. The Labute approximate surface area is 53.1 Å². The van der Waals surface area contributed by atoms with Crippen LogP contribution in [0.25, 0.3) is 0 Å². The van der Waals surface area contributed by atoms with Crippen molar-refractivity contribution in [2.75, 3.05) is 0 Å². The fourth-order valence-electron chi connectivity index (χ4n) is 0.0781. The van der Waals surface area contributed by atoms with Crippen LogP contribution in [-0.2, 0) is 0 Å². The number of nitrogens with zero attached hydrogens (tertiary/aromatic N) is 1. The Morgan fingerprint density at radius 3 is 2.29 bits per heavy atom. The molecular formula is C3H5NOS2. The van der Waals surface area contributed by atoms with Gasteiger partial charge in [-0.2, -0.15) is 0 Å². The summed E-state index contributed by atoms with van der Waals surface area (Å²) in [5, 5.41) is -0.432. The molecule has 0 aromatic rings. The lowest BCUT2D eigenvalue weighted by Crippen LogP contribution is -2.04. The first-order chi connectivity index (χ1) is 3.18. The molecule has 2 nitrogen and oxygen atoms in total. The SMILES string of the molecule is C=CN(S)C(=O)S. The maximum atomic E-state index is 10.0. The zero-order valence-corrected chi connectivity index (χ0v) is 5.32. The van der Waals surface area contributed by atoms with Gasteiger partial charge in [-0.25, -0.2) is 0 Å². The summed E-state index contributed by atoms with van der Waals surface area (Å²) in [6, 6.07) is 0. The van der Waals surface area contributed by atoms with Gasteiger partial charge in [0.25, 0.3) is 5.24 Å². The average Bonchev–Trinajstić information content (AvgIpc) is 1.65. The molecule has 40 valence electrons. The molecule has 0 aliphatic heterocycles. The minimum Gasteiger partial charge on any atom is -0.261 e. The average molecular weight is 135 g/mol. The van der Waals surface area contributed by atoms with Crippen LogP contribution in [0.4, 0.5) is 4.79 Å². The van der Waals surface area contributed by atoms with E-state index >= 15 is 0 Å². The first-order valence-corrected chi connectivity index (χ1v) is 2.36. The maximum Gasteiger partial charge on any atom is 0.292 e. The van der Waals surface area contributed by atoms with Crippen LogP contribution in [0, 0.1) is 0 Å². The molecule has 0 atom stereocenters. The third-order valence-electron chi connectivity index (χ3n) is 0.369. The van der Waals surface area contributed by atoms with Gasteiger partial charge in [0.1, 0.15) is 0 Å². The Hall–Kier alpha value is -0.0900. The zero-order chi connectivity index (χ0) is 5.86. The molecule has 0 spiro atoms. The van der Waals surface area contributed by atoms with Crippen LogP contribution >= 0.6 is 25.4 Å². The smallest absolute Gasteiger partial charge is 0.261 e. The fraction of sp³-hybridized carbons (Fsp3) is 0. The maximum absolute atomic E-state index is 10.0. The predicted molar refractivity (Wildman–Crippen MR) is 35.4 cm³/mol. The molecule has 0 aliphatic rings. The van der Waals surface area contributed by atoms with Crippen molar-refractivity contribution in [2.24, 2.45) is 0 Å². The summed E-state index contributed by atoms with van der Waals surface area (Å²) in [7, 11) is 0. The van der Waals surface area contributed by atoms with Gasteiger partial charge in [-0.05, 0) is 0 Å². The Kier molecular flexibility index (Phi) is 2.95. The van der Waals surface area contributed by atoms with E-state index in [1.165, 1.54) is 6.20 Å². The van der Waals surface area contributed by atoms with E-state index in [1.54, 1.807) is 0 Å². The van der Waals surface area contributed by atoms with Gasteiger partial charge in [-0.15, -0.1) is 0 Å². The molecule has 0 saturated carbocycles. The van der Waals surface area contributed by atoms with Crippen molar-refractivity contribution >= 4 is 30.7 Å². The Morgan fingerprint density at radius 2 is 2.29 bits per heavy atom. The summed E-state index contributed by atoms with van der Waals surface area (Å²) in [6.07, 6.45) is 1.26. The van der Waals surface area contributed by atoms with Crippen LogP contribution in [0.2, 0.25) is 0 Å². The molecule has 0 unspecified atom stereocenters. The van der Waals surface area contributed by atoms with Gasteiger partial charge in [0, 0.05) is 6.20 Å². The van der Waals surface area contributed by atoms with Gasteiger partial charge in [0.05, 0.1) is 0 Å². The van der Waals surface area contributed by atoms with Crippen LogP contribution in [0.15, 0.2) is 12.8 Å². The minimum absolute atomic E-state index is 0.432. The highest BCUT2D eigenvalue weighted by atomic mass is 32.1. The highest BCUT2D eigenvalue weighted by molar-refractivity contribution is 7.98. The van der Waals surface area contributed by atoms with Crippen molar-refractivity contribution in [2.45, 2.75) is 0 Å². The lowest BCUT2D eigenvalue weighted by Gasteiger charge is -2.01. The van der Waals surface area contributed by atoms with Crippen molar-refractivity contribution in [3.8, 4) is 0 Å². The van der Waals surface area contributed by atoms with E-state index in [1.807, 2.05) is 0 Å². The van der Waals surface area contributed by atoms with Crippen molar-refractivity contribution in [1.29, 1.82) is 0 Å². The molecule has 0 bridgehead atoms. The summed E-state index contributed by atoms with van der Waals surface area (Å²) in [5.41, 5.74) is 0. The summed E-state index contributed by atoms with van der Waals surface area (Å²) in [6.45, 7) is 3.26. The summed E-state index contributed by atoms with van der Waals surface area (Å²) >= 11 is 7.03. The minimum atomic E-state index is -0.432. The van der Waals surface area contributed by atoms with Gasteiger partial charge in [-0.3, -0.25) is 9.10 Å². The van der Waals surface area contributed by atoms with E-state index in [2.05, 4.69) is 32.0 Å². The Bertz CT molecular complexity index is 92.9. The standard InChI is InChI=1S/C3H5NOS2/c1-2-4(7)3(5)6/h2,7H,1H2,(H,5,6). The van der Waals surface area contributed by atoms with E-state index < -0.39 is 5.24 Å². The first-order valence-electron chi connectivity index (χ1n) is 1.52. The van der Waals surface area contributed by atoms with E-state index in [-0.39, 0.29) is 0 Å². The monoisotopic (exact) mass is 135 g/mol. The van der Waals surface area contributed by atoms with Gasteiger partial charge < -0.3 is 0 Å². The lowest BCUT2D eigenvalue weighted by atomic mass is 11.0. The van der Waals surface area contributed by atoms with Gasteiger partial charge >= 0.3 is 0 Å². The topological polar surface area (TPSA) is 20.3 Å². The Balaban J connectivity index is 3.55. The molecule has 4 heteroatoms. The van der Waals surface area contributed by atoms with Crippen LogP contribution in [0.5, 0.6) is 0 Å². The van der Waals surface area contributed by atoms with E-state index in [0.717, 1.165) is 4.31 Å². The van der Waals surface area contributed by atoms with Crippen LogP contribution in [0.3, 0.4) is 0 Å². The molecule has 1 amide bonds. The highest BCUT2D eigenvalue weighted by Crippen LogP contribution is 1.97. The largest absolute Gasteiger partial charge is 0.292 e. The molecular weight excluding hydrogens is 130 g/mol. The second-order valence-corrected chi connectivity index (χ2v) is 1.62. The number of amides is 1. The molecule has 0 aromatic heterocycles. The summed E-state index contributed by atoms with van der Waals surface area (Å²) < 4.78 is 0.975. The fourth-order valence-corrected chi connectivity index (χ4v) is 0.160. The van der Waals surface area contributed by atoms with Crippen LogP contribution in [-0.4, -0.2) is 9.54 Å². The van der Waals surface area contributed by atoms with Crippen LogP contribution < -0.4 is 0 Å². The summed E-state index contributed by atoms with van der Waals surface area (Å²) in [5.74, 6) is 0. The molecule has 0 aromatic carbocycles. The van der Waals surface area contributed by atoms with E-state index in [4.69, 9.17) is 0 Å². The number of carbonyl (C=O) groups excluding carboxylic acids is 1. The Morgan fingerprint density at radius 1 is 1.86 bits per heavy atom. The van der Waals surface area contributed by atoms with Gasteiger partial charge in [-0.1, -0.05) is 32.0 Å². The second kappa shape index (κ2) is 2.98. The molecule has 0 N–H and O–H groups in total. The molecule has 0 heterocycles. The first kappa shape index (κ1) is 6.91. The van der Waals surface area contributed by atoms with Crippen molar-refractivity contribution in [3.05, 3.63) is 12.8 Å². The van der Waals surface area contributed by atoms with Crippen molar-refractivity contribution in [3.63, 3.8) is 0 Å². The summed E-state index contributed by atoms with van der Waals surface area (Å²) in [4.78, 5) is 10.0. The van der Waals surface area contributed by atoms with Gasteiger partial charge in [0.2, 0.25) is 0 Å². The number of rotatable bonds is 1. The van der Waals surface area contributed by atoms with Crippen molar-refractivity contribution in [1.82, 2.24) is 4.31 Å². The molecule has 7 heavy (non-hydrogen) atoms. The van der Waals surface area contributed by atoms with Gasteiger partial charge in [0.15, 0.2) is 0 Å². The van der Waals surface area contributed by atoms with Crippen molar-refractivity contribution < 1.29 is 4.79 Å². The second-order valence-electron chi connectivity index (χ2n) is 0.810. The molecule has 0 aliphatic carbocycles. The number of carbonyl (C=O) groups is 1. The zero-order valence-electron chi connectivity index (χ0n) is 3.53. The third-order valence-corrected chi connectivity index (χ3v) is 1.09. The molecule has 0 rings (SSSR count). The number of thiol groups is 2. The molecule has 0 radical (unpaired) electrons. The number of hydrogen-bond donors (Lipinski definition) is 2. The molecule has 0 fully saturated rings. The quantitative estimate of drug-likeness (QED) is 0.520. The predicted octanol–water partition coefficient (Wildman–Crippen LogP) is 1.33. The third kappa shape index (κ3) is 2.59.